The van der Waals surface area contributed by atoms with Gasteiger partial charge in [-0.1, -0.05) is 0 Å². The Balaban J connectivity index is 3.86. The largest absolute Gasteiger partial charge is 0.459 e. The van der Waals surface area contributed by atoms with Gasteiger partial charge in [0, 0.05) is 19.0 Å². The zero-order valence-electron chi connectivity index (χ0n) is 12.3. The van der Waals surface area contributed by atoms with Crippen molar-refractivity contribution in [2.24, 2.45) is 0 Å². The van der Waals surface area contributed by atoms with Crippen LogP contribution in [-0.2, 0) is 14.3 Å². The summed E-state index contributed by atoms with van der Waals surface area (Å²) >= 11 is 0. The highest BCUT2D eigenvalue weighted by atomic mass is 16.6. The molecule has 0 aliphatic carbocycles. The van der Waals surface area contributed by atoms with E-state index in [0.29, 0.717) is 13.0 Å². The Morgan fingerprint density at radius 3 is 2.17 bits per heavy atom. The molecule has 1 amide bonds. The second kappa shape index (κ2) is 7.36. The summed E-state index contributed by atoms with van der Waals surface area (Å²) in [5.41, 5.74) is -0.484. The molecule has 0 saturated carbocycles. The van der Waals surface area contributed by atoms with Gasteiger partial charge in [-0.2, -0.15) is 0 Å². The fraction of sp³-hybridized carbons (Fsp3) is 0.846. The van der Waals surface area contributed by atoms with Crippen molar-refractivity contribution >= 4 is 11.9 Å². The maximum atomic E-state index is 11.6. The van der Waals surface area contributed by atoms with Crippen LogP contribution < -0.4 is 10.6 Å². The maximum Gasteiger partial charge on any atom is 0.323 e. The first-order valence-corrected chi connectivity index (χ1v) is 6.37. The molecule has 0 aromatic rings. The van der Waals surface area contributed by atoms with Crippen LogP contribution in [0.3, 0.4) is 0 Å². The fourth-order valence-electron chi connectivity index (χ4n) is 1.27. The number of esters is 1. The first-order valence-electron chi connectivity index (χ1n) is 6.37. The number of ether oxygens (including phenoxy) is 1. The van der Waals surface area contributed by atoms with Crippen molar-refractivity contribution in [3.05, 3.63) is 0 Å². The molecule has 1 unspecified atom stereocenters. The van der Waals surface area contributed by atoms with Gasteiger partial charge < -0.3 is 15.4 Å². The number of carbonyl (C=O) groups is 2. The first-order chi connectivity index (χ1) is 8.11. The zero-order valence-corrected chi connectivity index (χ0v) is 12.3. The van der Waals surface area contributed by atoms with E-state index in [1.165, 1.54) is 0 Å². The highest BCUT2D eigenvalue weighted by Gasteiger charge is 2.21. The number of nitrogens with one attached hydrogen (secondary N) is 2. The van der Waals surface area contributed by atoms with Gasteiger partial charge in [-0.25, -0.2) is 0 Å². The Morgan fingerprint density at radius 1 is 1.17 bits per heavy atom. The van der Waals surface area contributed by atoms with Crippen LogP contribution in [-0.4, -0.2) is 36.1 Å². The van der Waals surface area contributed by atoms with Crippen LogP contribution in [0.4, 0.5) is 0 Å². The number of hydrogen-bond acceptors (Lipinski definition) is 4. The van der Waals surface area contributed by atoms with Gasteiger partial charge in [0.25, 0.3) is 0 Å². The van der Waals surface area contributed by atoms with Crippen molar-refractivity contribution in [2.75, 3.05) is 6.54 Å². The smallest absolute Gasteiger partial charge is 0.323 e. The highest BCUT2D eigenvalue weighted by Crippen LogP contribution is 2.08. The lowest BCUT2D eigenvalue weighted by Gasteiger charge is -2.22. The molecule has 0 spiro atoms. The van der Waals surface area contributed by atoms with E-state index in [1.807, 2.05) is 34.6 Å². The lowest BCUT2D eigenvalue weighted by Crippen LogP contribution is -2.41. The third-order valence-electron chi connectivity index (χ3n) is 2.01. The van der Waals surface area contributed by atoms with E-state index in [9.17, 15) is 9.59 Å². The predicted molar refractivity (Wildman–Crippen MR) is 71.2 cm³/mol. The Bertz CT molecular complexity index is 282. The van der Waals surface area contributed by atoms with Gasteiger partial charge in [-0.15, -0.1) is 0 Å². The minimum Gasteiger partial charge on any atom is -0.459 e. The van der Waals surface area contributed by atoms with Crippen LogP contribution in [0.25, 0.3) is 0 Å². The van der Waals surface area contributed by atoms with Gasteiger partial charge in [0.15, 0.2) is 0 Å². The molecule has 0 aromatic heterocycles. The van der Waals surface area contributed by atoms with Crippen LogP contribution in [0.1, 0.15) is 48.0 Å². The molecule has 0 fully saturated rings. The number of rotatable bonds is 6. The van der Waals surface area contributed by atoms with Gasteiger partial charge in [0.05, 0.1) is 0 Å². The summed E-state index contributed by atoms with van der Waals surface area (Å²) in [6, 6.07) is -0.267. The van der Waals surface area contributed by atoms with Gasteiger partial charge >= 0.3 is 5.97 Å². The lowest BCUT2D eigenvalue weighted by atomic mass is 10.2. The van der Waals surface area contributed by atoms with Crippen molar-refractivity contribution in [2.45, 2.75) is 65.6 Å². The standard InChI is InChI=1S/C13H26N2O3/c1-9(2)15-11(16)7-8-14-10(3)12(17)18-13(4,5)6/h9-10,14H,7-8H2,1-6H3,(H,15,16). The summed E-state index contributed by atoms with van der Waals surface area (Å²) < 4.78 is 5.22. The molecule has 1 atom stereocenters. The van der Waals surface area contributed by atoms with Crippen LogP contribution in [0, 0.1) is 0 Å². The van der Waals surface area contributed by atoms with Crippen molar-refractivity contribution in [3.63, 3.8) is 0 Å². The van der Waals surface area contributed by atoms with Crippen LogP contribution >= 0.6 is 0 Å². The maximum absolute atomic E-state index is 11.6. The van der Waals surface area contributed by atoms with Crippen molar-refractivity contribution in [1.82, 2.24) is 10.6 Å². The van der Waals surface area contributed by atoms with Crippen LogP contribution in [0.5, 0.6) is 0 Å². The van der Waals surface area contributed by atoms with Gasteiger partial charge in [0.2, 0.25) is 5.91 Å². The first kappa shape index (κ1) is 16.9. The molecule has 0 bridgehead atoms. The van der Waals surface area contributed by atoms with E-state index < -0.39 is 11.6 Å². The molecule has 0 saturated heterocycles. The van der Waals surface area contributed by atoms with Gasteiger partial charge in [0.1, 0.15) is 11.6 Å². The second-order valence-electron chi connectivity index (χ2n) is 5.68. The van der Waals surface area contributed by atoms with E-state index in [0.717, 1.165) is 0 Å². The van der Waals surface area contributed by atoms with E-state index >= 15 is 0 Å². The number of amides is 1. The molecule has 0 heterocycles. The Kier molecular flexibility index (Phi) is 6.91. The van der Waals surface area contributed by atoms with E-state index in [2.05, 4.69) is 10.6 Å². The van der Waals surface area contributed by atoms with E-state index in [1.54, 1.807) is 6.92 Å². The molecule has 0 aromatic carbocycles. The monoisotopic (exact) mass is 258 g/mol. The molecule has 18 heavy (non-hydrogen) atoms. The summed E-state index contributed by atoms with van der Waals surface area (Å²) in [5, 5.41) is 5.76. The molecule has 106 valence electrons. The number of hydrogen-bond donors (Lipinski definition) is 2. The summed E-state index contributed by atoms with van der Waals surface area (Å²) in [5.74, 6) is -0.319. The predicted octanol–water partition coefficient (Wildman–Crippen LogP) is 1.22. The minimum absolute atomic E-state index is 0.0195. The second-order valence-corrected chi connectivity index (χ2v) is 5.68. The van der Waals surface area contributed by atoms with Crippen LogP contribution in [0.2, 0.25) is 0 Å². The SMILES string of the molecule is CC(C)NC(=O)CCNC(C)C(=O)OC(C)(C)C. The quantitative estimate of drug-likeness (QED) is 0.703. The average Bonchev–Trinajstić information content (AvgIpc) is 2.13. The summed E-state index contributed by atoms with van der Waals surface area (Å²) in [4.78, 5) is 23.0. The molecular weight excluding hydrogens is 232 g/mol. The summed E-state index contributed by atoms with van der Waals surface area (Å²) in [6.07, 6.45) is 0.352. The van der Waals surface area contributed by atoms with Crippen molar-refractivity contribution in [1.29, 1.82) is 0 Å². The molecule has 0 aliphatic heterocycles. The molecular formula is C13H26N2O3. The lowest BCUT2D eigenvalue weighted by molar-refractivity contribution is -0.157. The fourth-order valence-corrected chi connectivity index (χ4v) is 1.27. The minimum atomic E-state index is -0.484. The average molecular weight is 258 g/mol. The highest BCUT2D eigenvalue weighted by molar-refractivity contribution is 5.77. The normalized spacial score (nSPS) is 13.3. The van der Waals surface area contributed by atoms with Gasteiger partial charge in [-0.05, 0) is 41.5 Å². The Morgan fingerprint density at radius 2 is 1.72 bits per heavy atom. The number of carbonyl (C=O) groups excluding carboxylic acids is 2. The van der Waals surface area contributed by atoms with E-state index in [4.69, 9.17) is 4.74 Å². The molecule has 5 nitrogen and oxygen atoms in total. The molecule has 0 rings (SSSR count). The van der Waals surface area contributed by atoms with Crippen molar-refractivity contribution in [3.8, 4) is 0 Å². The topological polar surface area (TPSA) is 67.4 Å². The van der Waals surface area contributed by atoms with Crippen LogP contribution in [0.15, 0.2) is 0 Å². The zero-order chi connectivity index (χ0) is 14.3. The van der Waals surface area contributed by atoms with Crippen molar-refractivity contribution < 1.29 is 14.3 Å². The Hall–Kier alpha value is -1.10. The summed E-state index contributed by atoms with van der Waals surface area (Å²) in [6.45, 7) is 11.5. The molecule has 0 radical (unpaired) electrons. The Labute approximate surface area is 110 Å². The molecule has 0 aliphatic rings. The third kappa shape index (κ3) is 8.98. The van der Waals surface area contributed by atoms with E-state index in [-0.39, 0.29) is 17.9 Å². The molecule has 2 N–H and O–H groups in total. The third-order valence-corrected chi connectivity index (χ3v) is 2.01. The van der Waals surface area contributed by atoms with Gasteiger partial charge in [-0.3, -0.25) is 9.59 Å². The molecule has 5 heteroatoms. The summed E-state index contributed by atoms with van der Waals surface area (Å²) in [7, 11) is 0.